The predicted octanol–water partition coefficient (Wildman–Crippen LogP) is 2.51. The summed E-state index contributed by atoms with van der Waals surface area (Å²) in [5.74, 6) is 4.98. The maximum absolute atomic E-state index is 12.9. The molecule has 3 aliphatic carbocycles. The highest BCUT2D eigenvalue weighted by Gasteiger charge is 2.64. The Hall–Kier alpha value is -2.32. The number of rotatable bonds is 3. The molecule has 0 aliphatic heterocycles. The van der Waals surface area contributed by atoms with Crippen molar-refractivity contribution in [3.63, 3.8) is 0 Å². The van der Waals surface area contributed by atoms with Gasteiger partial charge in [0.1, 0.15) is 0 Å². The van der Waals surface area contributed by atoms with Crippen LogP contribution in [-0.4, -0.2) is 29.4 Å². The largest absolute Gasteiger partial charge is 0.372 e. The Morgan fingerprint density at radius 1 is 1.08 bits per heavy atom. The van der Waals surface area contributed by atoms with Crippen molar-refractivity contribution in [2.24, 2.45) is 5.41 Å². The second kappa shape index (κ2) is 6.77. The molecule has 0 unspecified atom stereocenters. The summed E-state index contributed by atoms with van der Waals surface area (Å²) in [5, 5.41) is 2.77. The molecule has 26 heavy (non-hydrogen) atoms. The van der Waals surface area contributed by atoms with Crippen LogP contribution in [0.4, 0.5) is 0 Å². The Labute approximate surface area is 158 Å². The maximum atomic E-state index is 12.9. The van der Waals surface area contributed by atoms with Gasteiger partial charge in [-0.15, -0.1) is 0 Å². The van der Waals surface area contributed by atoms with E-state index in [1.165, 1.54) is 0 Å². The van der Waals surface area contributed by atoms with Crippen molar-refractivity contribution in [2.45, 2.75) is 44.4 Å². The number of fused-ring (bicyclic) bond motifs is 3. The first-order valence-electron chi connectivity index (χ1n) is 8.82. The second-order valence-corrected chi connectivity index (χ2v) is 7.61. The molecule has 5 heteroatoms. The number of carbonyl (C=O) groups excluding carboxylic acids is 3. The fourth-order valence-corrected chi connectivity index (χ4v) is 4.40. The van der Waals surface area contributed by atoms with Gasteiger partial charge in [0.05, 0.1) is 0 Å². The average molecular weight is 367 g/mol. The Balaban J connectivity index is 1.96. The highest BCUT2D eigenvalue weighted by atomic mass is 32.1. The quantitative estimate of drug-likeness (QED) is 0.505. The van der Waals surface area contributed by atoms with Crippen LogP contribution in [-0.2, 0) is 19.8 Å². The molecule has 0 atom stereocenters. The van der Waals surface area contributed by atoms with Gasteiger partial charge in [0.2, 0.25) is 0 Å². The minimum absolute atomic E-state index is 0.242. The van der Waals surface area contributed by atoms with Gasteiger partial charge in [0, 0.05) is 31.9 Å². The van der Waals surface area contributed by atoms with E-state index < -0.39 is 10.8 Å². The van der Waals surface area contributed by atoms with Crippen LogP contribution in [0.15, 0.2) is 24.3 Å². The molecule has 0 heterocycles. The van der Waals surface area contributed by atoms with Gasteiger partial charge in [-0.05, 0) is 35.5 Å². The summed E-state index contributed by atoms with van der Waals surface area (Å²) in [7, 11) is 1.70. The van der Waals surface area contributed by atoms with Crippen LogP contribution >= 0.6 is 12.2 Å². The molecule has 3 aliphatic rings. The van der Waals surface area contributed by atoms with Gasteiger partial charge in [-0.1, -0.05) is 43.6 Å². The highest BCUT2D eigenvalue weighted by molar-refractivity contribution is 7.80. The zero-order valence-electron chi connectivity index (χ0n) is 15.0. The van der Waals surface area contributed by atoms with Crippen molar-refractivity contribution in [1.29, 1.82) is 0 Å². The first kappa shape index (κ1) is 18.5. The lowest BCUT2D eigenvalue weighted by Gasteiger charge is -2.49. The van der Waals surface area contributed by atoms with E-state index in [2.05, 4.69) is 17.2 Å². The van der Waals surface area contributed by atoms with Gasteiger partial charge in [-0.25, -0.2) is 0 Å². The molecule has 0 aromatic heterocycles. The van der Waals surface area contributed by atoms with Crippen LogP contribution in [0.2, 0.25) is 0 Å². The first-order valence-corrected chi connectivity index (χ1v) is 9.23. The molecule has 0 amide bonds. The Bertz CT molecular complexity index is 809. The summed E-state index contributed by atoms with van der Waals surface area (Å²) in [4.78, 5) is 39.2. The molecule has 1 aromatic rings. The van der Waals surface area contributed by atoms with Crippen molar-refractivity contribution < 1.29 is 14.4 Å². The van der Waals surface area contributed by atoms with Gasteiger partial charge in [0.25, 0.3) is 0 Å². The van der Waals surface area contributed by atoms with E-state index >= 15 is 0 Å². The third-order valence-electron chi connectivity index (χ3n) is 5.51. The molecule has 0 saturated heterocycles. The van der Waals surface area contributed by atoms with E-state index in [0.717, 1.165) is 12.8 Å². The van der Waals surface area contributed by atoms with Crippen LogP contribution in [0.25, 0.3) is 0 Å². The van der Waals surface area contributed by atoms with Gasteiger partial charge < -0.3 is 5.32 Å². The molecule has 4 nitrogen and oxygen atoms in total. The number of carbonyl (C=O) groups is 3. The number of Topliss-reactive ketones (excluding diaryl/α,β-unsaturated/α-hetero) is 3. The lowest BCUT2D eigenvalue weighted by molar-refractivity contribution is -0.157. The summed E-state index contributed by atoms with van der Waals surface area (Å²) in [5.41, 5.74) is -0.858. The van der Waals surface area contributed by atoms with Crippen LogP contribution < -0.4 is 5.32 Å². The summed E-state index contributed by atoms with van der Waals surface area (Å²) in [6, 6.07) is 6.81. The minimum atomic E-state index is -1.60. The van der Waals surface area contributed by atoms with Gasteiger partial charge in [-0.3, -0.25) is 14.4 Å². The number of thiocarbonyl (C=S) groups is 1. The molecule has 134 valence electrons. The topological polar surface area (TPSA) is 63.2 Å². The Kier molecular flexibility index (Phi) is 4.81. The minimum Gasteiger partial charge on any atom is -0.372 e. The monoisotopic (exact) mass is 367 g/mol. The number of benzene rings is 1. The number of hydrogen-bond donors (Lipinski definition) is 1. The third kappa shape index (κ3) is 2.79. The third-order valence-corrected chi connectivity index (χ3v) is 5.81. The number of nitrogens with one attached hydrogen (secondary N) is 1. The van der Waals surface area contributed by atoms with E-state index in [1.54, 1.807) is 31.3 Å². The van der Waals surface area contributed by atoms with Crippen molar-refractivity contribution in [3.05, 3.63) is 35.4 Å². The molecule has 1 N–H and O–H groups in total. The molecule has 2 bridgehead atoms. The van der Waals surface area contributed by atoms with E-state index in [9.17, 15) is 14.4 Å². The van der Waals surface area contributed by atoms with Crippen LogP contribution in [0.3, 0.4) is 0 Å². The van der Waals surface area contributed by atoms with Crippen molar-refractivity contribution in [1.82, 2.24) is 5.32 Å². The van der Waals surface area contributed by atoms with E-state index in [0.29, 0.717) is 35.4 Å². The summed E-state index contributed by atoms with van der Waals surface area (Å²) in [6.07, 6.45) is 2.55. The standard InChI is InChI=1S/C21H21NO3S/c1-3-10-20-11-16(23)21(17(24)12-20,18(25)13-20)15-7-4-14(5-8-15)6-9-19(26)22-2/h4-5,7-8H,3,10-13H2,1-2H3,(H,22,26). The fourth-order valence-electron chi connectivity index (χ4n) is 4.35. The molecule has 1 aromatic carbocycles. The molecule has 3 saturated carbocycles. The molecular weight excluding hydrogens is 346 g/mol. The van der Waals surface area contributed by atoms with Gasteiger partial charge in [0.15, 0.2) is 27.8 Å². The van der Waals surface area contributed by atoms with Crippen LogP contribution in [0.5, 0.6) is 0 Å². The summed E-state index contributed by atoms with van der Waals surface area (Å²) >= 11 is 4.98. The smallest absolute Gasteiger partial charge is 0.170 e. The summed E-state index contributed by atoms with van der Waals surface area (Å²) in [6.45, 7) is 2.02. The first-order chi connectivity index (χ1) is 12.4. The number of hydrogen-bond acceptors (Lipinski definition) is 4. The average Bonchev–Trinajstić information content (AvgIpc) is 2.60. The van der Waals surface area contributed by atoms with Gasteiger partial charge >= 0.3 is 0 Å². The molecule has 4 rings (SSSR count). The molecule has 0 spiro atoms. The van der Waals surface area contributed by atoms with Crippen LogP contribution in [0.1, 0.15) is 50.2 Å². The highest BCUT2D eigenvalue weighted by Crippen LogP contribution is 2.54. The second-order valence-electron chi connectivity index (χ2n) is 7.21. The van der Waals surface area contributed by atoms with E-state index in [-0.39, 0.29) is 17.3 Å². The predicted molar refractivity (Wildman–Crippen MR) is 103 cm³/mol. The van der Waals surface area contributed by atoms with E-state index in [4.69, 9.17) is 12.2 Å². The Morgan fingerprint density at radius 3 is 2.08 bits per heavy atom. The zero-order valence-corrected chi connectivity index (χ0v) is 15.8. The lowest BCUT2D eigenvalue weighted by atomic mass is 9.49. The molecule has 0 radical (unpaired) electrons. The summed E-state index contributed by atoms with van der Waals surface area (Å²) < 4.78 is 0. The Morgan fingerprint density at radius 2 is 1.62 bits per heavy atom. The molecular formula is C21H21NO3S. The SMILES string of the molecule is CCCC12CC(=O)C(c3ccc(C#CC(=S)NC)cc3)(C(=O)C1)C(=O)C2. The molecule has 3 fully saturated rings. The van der Waals surface area contributed by atoms with Crippen molar-refractivity contribution >= 4 is 34.6 Å². The fraction of sp³-hybridized carbons (Fsp3) is 0.429. The number of ketones is 3. The van der Waals surface area contributed by atoms with Crippen molar-refractivity contribution in [2.75, 3.05) is 7.05 Å². The maximum Gasteiger partial charge on any atom is 0.170 e. The lowest BCUT2D eigenvalue weighted by Crippen LogP contribution is -2.63. The zero-order chi connectivity index (χ0) is 18.9. The van der Waals surface area contributed by atoms with Crippen LogP contribution in [0, 0.1) is 17.3 Å². The van der Waals surface area contributed by atoms with Gasteiger partial charge in [-0.2, -0.15) is 0 Å². The normalized spacial score (nSPS) is 27.1. The van der Waals surface area contributed by atoms with E-state index in [1.807, 2.05) is 6.92 Å². The van der Waals surface area contributed by atoms with Crippen molar-refractivity contribution in [3.8, 4) is 11.8 Å².